The largest absolute Gasteiger partial charge is 0.481 e. The number of rotatable bonds is 10. The van der Waals surface area contributed by atoms with E-state index < -0.39 is 17.7 Å². The van der Waals surface area contributed by atoms with E-state index in [1.807, 2.05) is 13.0 Å². The Balaban J connectivity index is 1.89. The zero-order valence-electron chi connectivity index (χ0n) is 15.6. The number of unbranched alkanes of at least 4 members (excludes halogenated alkanes) is 2. The second-order valence-corrected chi connectivity index (χ2v) is 6.36. The van der Waals surface area contributed by atoms with Crippen molar-refractivity contribution in [3.8, 4) is 5.75 Å². The van der Waals surface area contributed by atoms with Gasteiger partial charge < -0.3 is 19.6 Å². The summed E-state index contributed by atoms with van der Waals surface area (Å²) in [6, 6.07) is 6.66. The number of fused-ring (bicyclic) bond motifs is 1. The van der Waals surface area contributed by atoms with Crippen molar-refractivity contribution in [2.24, 2.45) is 0 Å². The molecule has 0 spiro atoms. The van der Waals surface area contributed by atoms with Crippen LogP contribution in [-0.4, -0.2) is 29.6 Å². The zero-order valence-corrected chi connectivity index (χ0v) is 15.6. The lowest BCUT2D eigenvalue weighted by atomic mass is 10.1. The number of aryl methyl sites for hydroxylation is 1. The number of hydrogen-bond donors (Lipinski definition) is 2. The topological polar surface area (TPSA) is 106 Å². The minimum absolute atomic E-state index is 0.144. The lowest BCUT2D eigenvalue weighted by Gasteiger charge is -2.15. The average Bonchev–Trinajstić information content (AvgIpc) is 2.62. The predicted octanol–water partition coefficient (Wildman–Crippen LogP) is 2.88. The standard InChI is InChI=1S/C20H25NO6/c1-3-14-11-19(24)27-17-12-15(8-9-16(14)17)26-13(2)20(25)21-10-6-4-5-7-18(22)23/h8-9,11-13H,3-7,10H2,1-2H3,(H,21,25)(H,22,23)/t13-/m0/s1. The summed E-state index contributed by atoms with van der Waals surface area (Å²) in [5.41, 5.74) is 0.926. The van der Waals surface area contributed by atoms with Crippen LogP contribution < -0.4 is 15.7 Å². The molecule has 0 unspecified atom stereocenters. The fourth-order valence-electron chi connectivity index (χ4n) is 2.77. The van der Waals surface area contributed by atoms with Crippen molar-refractivity contribution in [3.05, 3.63) is 40.2 Å². The number of carboxylic acid groups (broad SMARTS) is 1. The summed E-state index contributed by atoms with van der Waals surface area (Å²) in [7, 11) is 0. The SMILES string of the molecule is CCc1cc(=O)oc2cc(O[C@@H](C)C(=O)NCCCCCC(=O)O)ccc12. The molecule has 146 valence electrons. The van der Waals surface area contributed by atoms with E-state index in [0.29, 0.717) is 37.1 Å². The van der Waals surface area contributed by atoms with Crippen LogP contribution >= 0.6 is 0 Å². The summed E-state index contributed by atoms with van der Waals surface area (Å²) < 4.78 is 10.9. The second kappa shape index (κ2) is 9.75. The van der Waals surface area contributed by atoms with Crippen molar-refractivity contribution in [2.45, 2.75) is 52.1 Å². The van der Waals surface area contributed by atoms with Gasteiger partial charge in [-0.3, -0.25) is 9.59 Å². The van der Waals surface area contributed by atoms with E-state index in [1.54, 1.807) is 19.1 Å². The number of carboxylic acids is 1. The predicted molar refractivity (Wildman–Crippen MR) is 101 cm³/mol. The molecule has 2 N–H and O–H groups in total. The van der Waals surface area contributed by atoms with Crippen molar-refractivity contribution in [1.82, 2.24) is 5.32 Å². The van der Waals surface area contributed by atoms with E-state index in [1.165, 1.54) is 6.07 Å². The van der Waals surface area contributed by atoms with Gasteiger partial charge in [-0.15, -0.1) is 0 Å². The first kappa shape index (κ1) is 20.5. The van der Waals surface area contributed by atoms with Gasteiger partial charge in [0.25, 0.3) is 5.91 Å². The van der Waals surface area contributed by atoms with Gasteiger partial charge in [0.2, 0.25) is 0 Å². The number of nitrogens with one attached hydrogen (secondary N) is 1. The van der Waals surface area contributed by atoms with Crippen LogP contribution in [0.3, 0.4) is 0 Å². The van der Waals surface area contributed by atoms with Crippen LogP contribution in [0.1, 0.15) is 45.1 Å². The van der Waals surface area contributed by atoms with Crippen molar-refractivity contribution in [3.63, 3.8) is 0 Å². The third-order valence-corrected chi connectivity index (χ3v) is 4.23. The van der Waals surface area contributed by atoms with Crippen LogP contribution in [0.5, 0.6) is 5.75 Å². The molecule has 0 saturated heterocycles. The third-order valence-electron chi connectivity index (χ3n) is 4.23. The van der Waals surface area contributed by atoms with Crippen LogP contribution in [0, 0.1) is 0 Å². The highest BCUT2D eigenvalue weighted by molar-refractivity contribution is 5.82. The summed E-state index contributed by atoms with van der Waals surface area (Å²) in [5.74, 6) is -0.613. The Morgan fingerprint density at radius 2 is 2.00 bits per heavy atom. The fraction of sp³-hybridized carbons (Fsp3) is 0.450. The number of benzene rings is 1. The summed E-state index contributed by atoms with van der Waals surface area (Å²) in [6.45, 7) is 4.08. The van der Waals surface area contributed by atoms with Crippen LogP contribution in [0.15, 0.2) is 33.5 Å². The molecule has 1 aromatic carbocycles. The lowest BCUT2D eigenvalue weighted by molar-refractivity contribution is -0.137. The molecule has 0 fully saturated rings. The van der Waals surface area contributed by atoms with Crippen molar-refractivity contribution >= 4 is 22.8 Å². The molecule has 2 aromatic rings. The summed E-state index contributed by atoms with van der Waals surface area (Å²) in [6.07, 6.45) is 2.21. The molecule has 1 heterocycles. The van der Waals surface area contributed by atoms with Gasteiger partial charge in [-0.25, -0.2) is 4.79 Å². The highest BCUT2D eigenvalue weighted by atomic mass is 16.5. The molecule has 0 aliphatic rings. The van der Waals surface area contributed by atoms with E-state index in [2.05, 4.69) is 5.32 Å². The molecule has 0 radical (unpaired) electrons. The maximum absolute atomic E-state index is 12.1. The summed E-state index contributed by atoms with van der Waals surface area (Å²) >= 11 is 0. The van der Waals surface area contributed by atoms with Crippen LogP contribution in [0.25, 0.3) is 11.0 Å². The second-order valence-electron chi connectivity index (χ2n) is 6.36. The fourth-order valence-corrected chi connectivity index (χ4v) is 2.77. The van der Waals surface area contributed by atoms with Gasteiger partial charge in [-0.1, -0.05) is 13.3 Å². The van der Waals surface area contributed by atoms with Gasteiger partial charge in [-0.2, -0.15) is 0 Å². The van der Waals surface area contributed by atoms with E-state index in [9.17, 15) is 14.4 Å². The van der Waals surface area contributed by atoms with Crippen molar-refractivity contribution < 1.29 is 23.8 Å². The Hall–Kier alpha value is -2.83. The first-order valence-electron chi connectivity index (χ1n) is 9.13. The van der Waals surface area contributed by atoms with Crippen molar-refractivity contribution in [2.75, 3.05) is 6.54 Å². The van der Waals surface area contributed by atoms with Crippen LogP contribution in [0.2, 0.25) is 0 Å². The molecule has 0 aliphatic heterocycles. The van der Waals surface area contributed by atoms with Crippen LogP contribution in [0.4, 0.5) is 0 Å². The van der Waals surface area contributed by atoms with E-state index >= 15 is 0 Å². The van der Waals surface area contributed by atoms with Crippen molar-refractivity contribution in [1.29, 1.82) is 0 Å². The normalized spacial score (nSPS) is 11.9. The Labute approximate surface area is 157 Å². The van der Waals surface area contributed by atoms with Gasteiger partial charge in [0.1, 0.15) is 11.3 Å². The highest BCUT2D eigenvalue weighted by Crippen LogP contribution is 2.23. The molecule has 0 aliphatic carbocycles. The smallest absolute Gasteiger partial charge is 0.336 e. The molecule has 1 amide bonds. The molecular formula is C20H25NO6. The van der Waals surface area contributed by atoms with Crippen LogP contribution in [-0.2, 0) is 16.0 Å². The van der Waals surface area contributed by atoms with Gasteiger partial charge in [-0.05, 0) is 43.9 Å². The summed E-state index contributed by atoms with van der Waals surface area (Å²) in [5, 5.41) is 12.2. The molecule has 27 heavy (non-hydrogen) atoms. The Bertz CT molecular complexity index is 857. The molecule has 2 rings (SSSR count). The Morgan fingerprint density at radius 1 is 1.22 bits per heavy atom. The zero-order chi connectivity index (χ0) is 19.8. The minimum atomic E-state index is -0.807. The highest BCUT2D eigenvalue weighted by Gasteiger charge is 2.15. The Kier molecular flexibility index (Phi) is 7.40. The molecule has 0 saturated carbocycles. The maximum Gasteiger partial charge on any atom is 0.336 e. The quantitative estimate of drug-likeness (QED) is 0.489. The third kappa shape index (κ3) is 6.13. The van der Waals surface area contributed by atoms with E-state index in [-0.39, 0.29) is 12.3 Å². The van der Waals surface area contributed by atoms with Gasteiger partial charge >= 0.3 is 11.6 Å². The van der Waals surface area contributed by atoms with E-state index in [0.717, 1.165) is 17.4 Å². The number of aliphatic carboxylic acids is 1. The number of hydrogen-bond acceptors (Lipinski definition) is 5. The average molecular weight is 375 g/mol. The summed E-state index contributed by atoms with van der Waals surface area (Å²) in [4.78, 5) is 34.2. The number of carbonyl (C=O) groups excluding carboxylic acids is 1. The number of carbonyl (C=O) groups is 2. The molecule has 7 nitrogen and oxygen atoms in total. The number of amides is 1. The first-order chi connectivity index (χ1) is 12.9. The first-order valence-corrected chi connectivity index (χ1v) is 9.13. The molecule has 1 atom stereocenters. The molecule has 7 heteroatoms. The molecule has 1 aromatic heterocycles. The van der Waals surface area contributed by atoms with Gasteiger partial charge in [0.15, 0.2) is 6.10 Å². The van der Waals surface area contributed by atoms with Gasteiger partial charge in [0.05, 0.1) is 0 Å². The Morgan fingerprint density at radius 3 is 2.70 bits per heavy atom. The monoisotopic (exact) mass is 375 g/mol. The van der Waals surface area contributed by atoms with Gasteiger partial charge in [0, 0.05) is 30.5 Å². The maximum atomic E-state index is 12.1. The molecule has 0 bridgehead atoms. The lowest BCUT2D eigenvalue weighted by Crippen LogP contribution is -2.36. The number of ether oxygens (including phenoxy) is 1. The van der Waals surface area contributed by atoms with E-state index in [4.69, 9.17) is 14.3 Å². The minimum Gasteiger partial charge on any atom is -0.481 e. The molecular weight excluding hydrogens is 350 g/mol.